The Balaban J connectivity index is 2.21. The van der Waals surface area contributed by atoms with Gasteiger partial charge >= 0.3 is 0 Å². The molecule has 1 aromatic carbocycles. The number of nitrogens with two attached hydrogens (primary N) is 1. The molecule has 0 bridgehead atoms. The van der Waals surface area contributed by atoms with Gasteiger partial charge in [-0.2, -0.15) is 0 Å². The van der Waals surface area contributed by atoms with Gasteiger partial charge in [-0.3, -0.25) is 4.79 Å². The lowest BCUT2D eigenvalue weighted by atomic mass is 10.1. The van der Waals surface area contributed by atoms with E-state index in [2.05, 4.69) is 5.32 Å². The zero-order valence-electron chi connectivity index (χ0n) is 10.8. The topological polar surface area (TPSA) is 84.6 Å². The highest BCUT2D eigenvalue weighted by molar-refractivity contribution is 5.76. The van der Waals surface area contributed by atoms with Crippen LogP contribution < -0.4 is 15.8 Å². The summed E-state index contributed by atoms with van der Waals surface area (Å²) in [5.74, 6) is 0.534. The number of nitrogens with one attached hydrogen (secondary N) is 1. The third-order valence-corrected chi connectivity index (χ3v) is 2.20. The Morgan fingerprint density at radius 3 is 2.56 bits per heavy atom. The first kappa shape index (κ1) is 14.3. The molecular formula is C13H20N2O3. The van der Waals surface area contributed by atoms with Crippen molar-refractivity contribution in [1.29, 1.82) is 0 Å². The minimum absolute atomic E-state index is 0.146. The quantitative estimate of drug-likeness (QED) is 0.657. The molecule has 1 aromatic rings. The molecule has 0 aliphatic carbocycles. The van der Waals surface area contributed by atoms with Crippen LogP contribution in [0.25, 0.3) is 0 Å². The molecule has 4 N–H and O–H groups in total. The average molecular weight is 252 g/mol. The van der Waals surface area contributed by atoms with Crippen LogP contribution in [0.5, 0.6) is 5.75 Å². The van der Waals surface area contributed by atoms with Gasteiger partial charge in [0.2, 0.25) is 5.91 Å². The van der Waals surface area contributed by atoms with Crippen molar-refractivity contribution in [2.24, 2.45) is 0 Å². The highest BCUT2D eigenvalue weighted by atomic mass is 16.5. The van der Waals surface area contributed by atoms with Gasteiger partial charge in [0.05, 0.1) is 18.6 Å². The number of rotatable bonds is 6. The van der Waals surface area contributed by atoms with Crippen LogP contribution in [0.15, 0.2) is 24.3 Å². The van der Waals surface area contributed by atoms with Crippen molar-refractivity contribution in [3.8, 4) is 5.75 Å². The summed E-state index contributed by atoms with van der Waals surface area (Å²) in [6.45, 7) is 3.80. The average Bonchev–Trinajstić information content (AvgIpc) is 2.28. The third-order valence-electron chi connectivity index (χ3n) is 2.20. The molecule has 5 nitrogen and oxygen atoms in total. The molecule has 0 aliphatic heterocycles. The number of benzene rings is 1. The summed E-state index contributed by atoms with van der Waals surface area (Å²) in [6, 6.07) is 6.99. The van der Waals surface area contributed by atoms with Gasteiger partial charge in [0, 0.05) is 12.2 Å². The number of aliphatic hydroxyl groups is 1. The van der Waals surface area contributed by atoms with Crippen molar-refractivity contribution in [2.45, 2.75) is 25.9 Å². The Labute approximate surface area is 107 Å². The molecule has 0 saturated heterocycles. The highest BCUT2D eigenvalue weighted by Crippen LogP contribution is 2.13. The first-order chi connectivity index (χ1) is 8.37. The molecule has 0 radical (unpaired) electrons. The summed E-state index contributed by atoms with van der Waals surface area (Å²) in [5, 5.41) is 12.1. The number of carbonyl (C=O) groups is 1. The van der Waals surface area contributed by atoms with Gasteiger partial charge in [0.15, 0.2) is 0 Å². The van der Waals surface area contributed by atoms with Crippen molar-refractivity contribution in [3.63, 3.8) is 0 Å². The van der Waals surface area contributed by atoms with Gasteiger partial charge in [-0.25, -0.2) is 0 Å². The Kier molecular flexibility index (Phi) is 4.97. The first-order valence-electron chi connectivity index (χ1n) is 5.84. The van der Waals surface area contributed by atoms with E-state index in [1.807, 2.05) is 0 Å². The smallest absolute Gasteiger partial charge is 0.223 e. The second kappa shape index (κ2) is 6.26. The van der Waals surface area contributed by atoms with Crippen molar-refractivity contribution < 1.29 is 14.6 Å². The molecule has 0 unspecified atom stereocenters. The lowest BCUT2D eigenvalue weighted by molar-refractivity contribution is -0.122. The van der Waals surface area contributed by atoms with E-state index in [4.69, 9.17) is 10.5 Å². The normalized spacial score (nSPS) is 11.1. The van der Waals surface area contributed by atoms with Crippen LogP contribution in [0.1, 0.15) is 20.3 Å². The fraction of sp³-hybridized carbons (Fsp3) is 0.462. The van der Waals surface area contributed by atoms with E-state index in [0.29, 0.717) is 18.0 Å². The van der Waals surface area contributed by atoms with E-state index >= 15 is 0 Å². The maximum Gasteiger partial charge on any atom is 0.223 e. The number of nitrogen functional groups attached to an aromatic ring is 1. The summed E-state index contributed by atoms with van der Waals surface area (Å²) in [5.41, 5.74) is 5.32. The minimum Gasteiger partial charge on any atom is -0.493 e. The molecule has 0 heterocycles. The van der Waals surface area contributed by atoms with E-state index < -0.39 is 5.60 Å². The number of carbonyl (C=O) groups excluding carboxylic acids is 1. The third kappa shape index (κ3) is 6.10. The predicted molar refractivity (Wildman–Crippen MR) is 70.3 cm³/mol. The fourth-order valence-corrected chi connectivity index (χ4v) is 1.23. The summed E-state index contributed by atoms with van der Waals surface area (Å²) in [6.07, 6.45) is 0.250. The van der Waals surface area contributed by atoms with Crippen LogP contribution in [0.4, 0.5) is 5.69 Å². The van der Waals surface area contributed by atoms with E-state index in [1.165, 1.54) is 0 Å². The molecule has 1 rings (SSSR count). The Morgan fingerprint density at radius 2 is 2.00 bits per heavy atom. The number of hydrogen-bond acceptors (Lipinski definition) is 4. The lowest BCUT2D eigenvalue weighted by Crippen LogP contribution is -2.38. The summed E-state index contributed by atoms with van der Waals surface area (Å²) in [4.78, 5) is 11.4. The van der Waals surface area contributed by atoms with Crippen LogP contribution >= 0.6 is 0 Å². The monoisotopic (exact) mass is 252 g/mol. The lowest BCUT2D eigenvalue weighted by Gasteiger charge is -2.17. The van der Waals surface area contributed by atoms with Crippen LogP contribution in [0.3, 0.4) is 0 Å². The van der Waals surface area contributed by atoms with Gasteiger partial charge in [-0.1, -0.05) is 0 Å². The van der Waals surface area contributed by atoms with Gasteiger partial charge in [0.25, 0.3) is 0 Å². The van der Waals surface area contributed by atoms with Gasteiger partial charge in [-0.15, -0.1) is 0 Å². The number of anilines is 1. The largest absolute Gasteiger partial charge is 0.493 e. The molecule has 0 aliphatic rings. The van der Waals surface area contributed by atoms with E-state index in [-0.39, 0.29) is 18.9 Å². The van der Waals surface area contributed by atoms with E-state index in [9.17, 15) is 9.90 Å². The van der Waals surface area contributed by atoms with Crippen molar-refractivity contribution in [1.82, 2.24) is 5.32 Å². The molecule has 100 valence electrons. The molecular weight excluding hydrogens is 232 g/mol. The van der Waals surface area contributed by atoms with Crippen LogP contribution in [-0.2, 0) is 4.79 Å². The fourth-order valence-electron chi connectivity index (χ4n) is 1.23. The molecule has 0 fully saturated rings. The second-order valence-corrected chi connectivity index (χ2v) is 4.76. The highest BCUT2D eigenvalue weighted by Gasteiger charge is 2.13. The van der Waals surface area contributed by atoms with Crippen LogP contribution in [-0.4, -0.2) is 29.8 Å². The van der Waals surface area contributed by atoms with Crippen molar-refractivity contribution >= 4 is 11.6 Å². The Morgan fingerprint density at radius 1 is 1.39 bits per heavy atom. The van der Waals surface area contributed by atoms with E-state index in [0.717, 1.165) is 0 Å². The van der Waals surface area contributed by atoms with E-state index in [1.54, 1.807) is 38.1 Å². The van der Waals surface area contributed by atoms with Crippen molar-refractivity contribution in [3.05, 3.63) is 24.3 Å². The second-order valence-electron chi connectivity index (χ2n) is 4.76. The van der Waals surface area contributed by atoms with Crippen LogP contribution in [0.2, 0.25) is 0 Å². The molecule has 1 amide bonds. The molecule has 0 spiro atoms. The van der Waals surface area contributed by atoms with Gasteiger partial charge in [-0.05, 0) is 38.1 Å². The standard InChI is InChI=1S/C13H20N2O3/c1-13(2,17)9-15-12(16)7-8-18-11-5-3-10(14)4-6-11/h3-6,17H,7-9,14H2,1-2H3,(H,15,16). The zero-order valence-corrected chi connectivity index (χ0v) is 10.8. The molecule has 0 atom stereocenters. The number of hydrogen-bond donors (Lipinski definition) is 3. The first-order valence-corrected chi connectivity index (χ1v) is 5.84. The van der Waals surface area contributed by atoms with Gasteiger partial charge in [0.1, 0.15) is 5.75 Å². The van der Waals surface area contributed by atoms with Crippen LogP contribution in [0, 0.1) is 0 Å². The number of ether oxygens (including phenoxy) is 1. The molecule has 0 aromatic heterocycles. The van der Waals surface area contributed by atoms with Gasteiger partial charge < -0.3 is 20.9 Å². The molecule has 5 heteroatoms. The summed E-state index contributed by atoms with van der Waals surface area (Å²) >= 11 is 0. The predicted octanol–water partition coefficient (Wildman–Crippen LogP) is 0.925. The maximum atomic E-state index is 11.4. The summed E-state index contributed by atoms with van der Waals surface area (Å²) < 4.78 is 5.38. The SMILES string of the molecule is CC(C)(O)CNC(=O)CCOc1ccc(N)cc1. The van der Waals surface area contributed by atoms with Crippen molar-refractivity contribution in [2.75, 3.05) is 18.9 Å². The Hall–Kier alpha value is -1.75. The summed E-state index contributed by atoms with van der Waals surface area (Å²) in [7, 11) is 0. The Bertz CT molecular complexity index is 382. The molecule has 18 heavy (non-hydrogen) atoms. The zero-order chi connectivity index (χ0) is 13.6. The maximum absolute atomic E-state index is 11.4. The number of amides is 1. The molecule has 0 saturated carbocycles. The minimum atomic E-state index is -0.895.